The first kappa shape index (κ1) is 33.1. The van der Waals surface area contributed by atoms with Gasteiger partial charge in [0.05, 0.1) is 10.8 Å². The smallest absolute Gasteiger partial charge is 0.287 e. The van der Waals surface area contributed by atoms with Gasteiger partial charge >= 0.3 is 0 Å². The number of nitrogens with zero attached hydrogens (tertiary/aromatic N) is 1. The average molecular weight is 638 g/mol. The van der Waals surface area contributed by atoms with Gasteiger partial charge in [-0.3, -0.25) is 14.4 Å². The van der Waals surface area contributed by atoms with Crippen molar-refractivity contribution in [2.75, 3.05) is 19.6 Å². The molecule has 0 bridgehead atoms. The highest BCUT2D eigenvalue weighted by atomic mass is 35.5. The number of carbonyl (C=O) groups is 2. The van der Waals surface area contributed by atoms with E-state index in [0.717, 1.165) is 63.0 Å². The predicted octanol–water partition coefficient (Wildman–Crippen LogP) is 6.89. The van der Waals surface area contributed by atoms with E-state index in [1.807, 2.05) is 45.0 Å². The summed E-state index contributed by atoms with van der Waals surface area (Å²) in [6.07, 6.45) is 8.73. The van der Waals surface area contributed by atoms with Gasteiger partial charge in [0.25, 0.3) is 5.91 Å². The van der Waals surface area contributed by atoms with Crippen molar-refractivity contribution in [3.8, 4) is 0 Å². The van der Waals surface area contributed by atoms with Gasteiger partial charge in [-0.1, -0.05) is 43.0 Å². The van der Waals surface area contributed by atoms with E-state index in [2.05, 4.69) is 15.5 Å². The molecule has 2 aromatic carbocycles. The molecule has 0 radical (unpaired) electrons. The monoisotopic (exact) mass is 637 g/mol. The Bertz CT molecular complexity index is 1550. The van der Waals surface area contributed by atoms with Crippen molar-refractivity contribution < 1.29 is 18.4 Å². The van der Waals surface area contributed by atoms with Crippen molar-refractivity contribution >= 4 is 34.4 Å². The lowest BCUT2D eigenvalue weighted by atomic mass is 9.63. The Labute approximate surface area is 269 Å². The molecule has 7 nitrogen and oxygen atoms in total. The van der Waals surface area contributed by atoms with Gasteiger partial charge in [0.1, 0.15) is 11.4 Å². The first-order valence-electron chi connectivity index (χ1n) is 16.3. The van der Waals surface area contributed by atoms with Gasteiger partial charge in [0.2, 0.25) is 5.91 Å². The second-order valence-electron chi connectivity index (χ2n) is 13.9. The Balaban J connectivity index is 1.28. The highest BCUT2D eigenvalue weighted by molar-refractivity contribution is 6.30. The zero-order valence-corrected chi connectivity index (χ0v) is 27.4. The molecular weight excluding hydrogens is 593 g/mol. The summed E-state index contributed by atoms with van der Waals surface area (Å²) in [5.74, 6) is -0.608. The maximum Gasteiger partial charge on any atom is 0.287 e. The third-order valence-electron chi connectivity index (χ3n) is 9.52. The number of hydrogen-bond donors (Lipinski definition) is 2. The molecule has 242 valence electrons. The summed E-state index contributed by atoms with van der Waals surface area (Å²) in [5, 5.41) is 7.23. The van der Waals surface area contributed by atoms with Crippen LogP contribution in [0.1, 0.15) is 88.3 Å². The van der Waals surface area contributed by atoms with E-state index in [1.54, 1.807) is 0 Å². The molecule has 3 aromatic rings. The first-order valence-corrected chi connectivity index (χ1v) is 16.6. The summed E-state index contributed by atoms with van der Waals surface area (Å²) in [6, 6.07) is 12.1. The summed E-state index contributed by atoms with van der Waals surface area (Å²) in [7, 11) is 0. The average Bonchev–Trinajstić information content (AvgIpc) is 3.00. The van der Waals surface area contributed by atoms with E-state index in [1.165, 1.54) is 31.4 Å². The number of benzene rings is 2. The first-order chi connectivity index (χ1) is 21.4. The van der Waals surface area contributed by atoms with Crippen LogP contribution in [-0.2, 0) is 11.2 Å². The zero-order valence-electron chi connectivity index (χ0n) is 26.6. The lowest BCUT2D eigenvalue weighted by Gasteiger charge is -2.47. The Morgan fingerprint density at radius 3 is 2.40 bits per heavy atom. The second kappa shape index (κ2) is 14.0. The summed E-state index contributed by atoms with van der Waals surface area (Å²) in [5.41, 5.74) is 0.0313. The summed E-state index contributed by atoms with van der Waals surface area (Å²) >= 11 is 6.11. The molecule has 0 spiro atoms. The molecule has 1 saturated heterocycles. The fourth-order valence-corrected chi connectivity index (χ4v) is 7.21. The number of halogens is 2. The molecule has 2 N–H and O–H groups in total. The molecular formula is C36H45ClFN3O4. The number of hydrogen-bond acceptors (Lipinski definition) is 5. The van der Waals surface area contributed by atoms with Crippen molar-refractivity contribution in [2.24, 2.45) is 11.3 Å². The number of fused-ring (bicyclic) bond motifs is 1. The van der Waals surface area contributed by atoms with Gasteiger partial charge in [-0.2, -0.15) is 0 Å². The third kappa shape index (κ3) is 8.33. The molecule has 9 heteroatoms. The predicted molar refractivity (Wildman–Crippen MR) is 176 cm³/mol. The summed E-state index contributed by atoms with van der Waals surface area (Å²) in [4.78, 5) is 42.2. The summed E-state index contributed by atoms with van der Waals surface area (Å²) < 4.78 is 19.5. The fraction of sp³-hybridized carbons (Fsp3) is 0.528. The lowest BCUT2D eigenvalue weighted by Crippen LogP contribution is -2.56. The topological polar surface area (TPSA) is 91.7 Å². The Kier molecular flexibility index (Phi) is 10.3. The number of amides is 2. The van der Waals surface area contributed by atoms with Crippen LogP contribution in [0.15, 0.2) is 57.7 Å². The maximum absolute atomic E-state index is 13.8. The number of nitrogens with one attached hydrogen (secondary N) is 2. The van der Waals surface area contributed by atoms with Gasteiger partial charge in [-0.25, -0.2) is 4.39 Å². The van der Waals surface area contributed by atoms with Crippen LogP contribution in [0.5, 0.6) is 0 Å². The normalized spacial score (nSPS) is 18.4. The molecule has 2 fully saturated rings. The van der Waals surface area contributed by atoms with E-state index < -0.39 is 17.2 Å². The van der Waals surface area contributed by atoms with Crippen molar-refractivity contribution in [1.82, 2.24) is 15.5 Å². The number of carbonyl (C=O) groups excluding carboxylic acids is 2. The van der Waals surface area contributed by atoms with Gasteiger partial charge < -0.3 is 20.0 Å². The molecule has 45 heavy (non-hydrogen) atoms. The molecule has 2 heterocycles. The van der Waals surface area contributed by atoms with Crippen LogP contribution in [-0.4, -0.2) is 47.9 Å². The maximum atomic E-state index is 13.8. The number of rotatable bonds is 9. The second-order valence-corrected chi connectivity index (χ2v) is 14.4. The molecule has 1 aromatic heterocycles. The highest BCUT2D eigenvalue weighted by Gasteiger charge is 2.48. The van der Waals surface area contributed by atoms with Crippen LogP contribution in [0.3, 0.4) is 0 Å². The standard InChI is InChI=1S/C36H45ClFN3O4/c1-35(2,3)40-34(44)36(25-7-5-4-6-8-25)16-19-41(20-17-36)18-15-28(21-24-9-11-26(37)12-10-24)39-33(43)32-23-30(42)29-14-13-27(38)22-31(29)45-32/h9-14,22-23,25,28H,4-8,15-21H2,1-3H3,(H,39,43)(H,40,44)/t28-/m1/s1. The molecule has 1 aliphatic carbocycles. The van der Waals surface area contributed by atoms with Gasteiger partial charge in [-0.15, -0.1) is 0 Å². The van der Waals surface area contributed by atoms with Gasteiger partial charge in [0.15, 0.2) is 11.2 Å². The molecule has 1 saturated carbocycles. The number of likely N-dealkylation sites (tertiary alicyclic amines) is 1. The van der Waals surface area contributed by atoms with Gasteiger partial charge in [0, 0.05) is 35.3 Å². The van der Waals surface area contributed by atoms with E-state index in [0.29, 0.717) is 23.8 Å². The molecule has 2 amide bonds. The summed E-state index contributed by atoms with van der Waals surface area (Å²) in [6.45, 7) is 8.52. The van der Waals surface area contributed by atoms with Crippen LogP contribution in [0, 0.1) is 17.2 Å². The number of piperidine rings is 1. The van der Waals surface area contributed by atoms with E-state index in [4.69, 9.17) is 16.0 Å². The molecule has 0 unspecified atom stereocenters. The zero-order chi connectivity index (χ0) is 32.2. The SMILES string of the molecule is CC(C)(C)NC(=O)C1(C2CCCCC2)CCN(CC[C@H](Cc2ccc(Cl)cc2)NC(=O)c2cc(=O)c3ccc(F)cc3o2)CC1. The Hall–Kier alpha value is -3.23. The largest absolute Gasteiger partial charge is 0.451 e. The van der Waals surface area contributed by atoms with Gasteiger partial charge in [-0.05, 0) is 108 Å². The van der Waals surface area contributed by atoms with Crippen molar-refractivity contribution in [3.05, 3.63) is 80.9 Å². The van der Waals surface area contributed by atoms with Crippen LogP contribution >= 0.6 is 11.6 Å². The quantitative estimate of drug-likeness (QED) is 0.267. The van der Waals surface area contributed by atoms with Crippen LogP contribution in [0.4, 0.5) is 4.39 Å². The minimum absolute atomic E-state index is 0.0344. The van der Waals surface area contributed by atoms with Crippen LogP contribution < -0.4 is 16.1 Å². The molecule has 2 aliphatic rings. The molecule has 5 rings (SSSR count). The Morgan fingerprint density at radius 1 is 1.04 bits per heavy atom. The molecule has 1 atom stereocenters. The molecule has 1 aliphatic heterocycles. The highest BCUT2D eigenvalue weighted by Crippen LogP contribution is 2.46. The van der Waals surface area contributed by atoms with E-state index in [9.17, 15) is 18.8 Å². The minimum Gasteiger partial charge on any atom is -0.451 e. The Morgan fingerprint density at radius 2 is 1.73 bits per heavy atom. The van der Waals surface area contributed by atoms with Crippen molar-refractivity contribution in [3.63, 3.8) is 0 Å². The minimum atomic E-state index is -0.547. The lowest BCUT2D eigenvalue weighted by molar-refractivity contribution is -0.141. The van der Waals surface area contributed by atoms with Crippen molar-refractivity contribution in [2.45, 2.75) is 90.1 Å². The van der Waals surface area contributed by atoms with Crippen molar-refractivity contribution in [1.29, 1.82) is 0 Å². The van der Waals surface area contributed by atoms with Crippen LogP contribution in [0.2, 0.25) is 5.02 Å². The van der Waals surface area contributed by atoms with Crippen LogP contribution in [0.25, 0.3) is 11.0 Å². The fourth-order valence-electron chi connectivity index (χ4n) is 7.08. The van der Waals surface area contributed by atoms with E-state index in [-0.39, 0.29) is 39.6 Å². The van der Waals surface area contributed by atoms with E-state index >= 15 is 0 Å². The third-order valence-corrected chi connectivity index (χ3v) is 9.77.